The standard InChI is InChI=1S/C11H24INO2S/c1-9(2)10(8-12)13-16(14,15)7-6-11(3,4)5/h9-10,13H,6-8H2,1-5H3. The van der Waals surface area contributed by atoms with E-state index in [1.54, 1.807) is 0 Å². The van der Waals surface area contributed by atoms with Gasteiger partial charge in [0.1, 0.15) is 0 Å². The van der Waals surface area contributed by atoms with E-state index in [-0.39, 0.29) is 17.2 Å². The van der Waals surface area contributed by atoms with E-state index in [9.17, 15) is 8.42 Å². The summed E-state index contributed by atoms with van der Waals surface area (Å²) in [6, 6.07) is 0.0468. The van der Waals surface area contributed by atoms with Crippen molar-refractivity contribution in [1.29, 1.82) is 0 Å². The number of hydrogen-bond acceptors (Lipinski definition) is 2. The Hall–Kier alpha value is 0.640. The molecule has 0 amide bonds. The molecule has 0 spiro atoms. The van der Waals surface area contributed by atoms with Crippen LogP contribution in [0.2, 0.25) is 0 Å². The Morgan fingerprint density at radius 1 is 1.25 bits per heavy atom. The van der Waals surface area contributed by atoms with E-state index in [0.29, 0.717) is 12.3 Å². The lowest BCUT2D eigenvalue weighted by molar-refractivity contribution is 0.394. The first-order valence-corrected chi connectivity index (χ1v) is 8.81. The van der Waals surface area contributed by atoms with Crippen LogP contribution in [-0.2, 0) is 10.0 Å². The van der Waals surface area contributed by atoms with Crippen molar-refractivity contribution in [2.24, 2.45) is 11.3 Å². The van der Waals surface area contributed by atoms with Crippen molar-refractivity contribution < 1.29 is 8.42 Å². The molecule has 1 atom stereocenters. The van der Waals surface area contributed by atoms with Gasteiger partial charge in [-0.1, -0.05) is 57.2 Å². The Labute approximate surface area is 114 Å². The maximum Gasteiger partial charge on any atom is 0.211 e. The second-order valence-corrected chi connectivity index (χ2v) is 8.51. The Morgan fingerprint density at radius 3 is 2.06 bits per heavy atom. The van der Waals surface area contributed by atoms with Crippen molar-refractivity contribution in [2.75, 3.05) is 10.2 Å². The molecule has 0 heterocycles. The second kappa shape index (κ2) is 6.54. The number of rotatable bonds is 6. The summed E-state index contributed by atoms with van der Waals surface area (Å²) in [6.07, 6.45) is 0.689. The summed E-state index contributed by atoms with van der Waals surface area (Å²) in [7, 11) is -3.13. The zero-order valence-electron chi connectivity index (χ0n) is 10.9. The van der Waals surface area contributed by atoms with E-state index < -0.39 is 10.0 Å². The average molecular weight is 361 g/mol. The summed E-state index contributed by atoms with van der Waals surface area (Å²) in [5.41, 5.74) is 0.0619. The molecule has 16 heavy (non-hydrogen) atoms. The SMILES string of the molecule is CC(C)C(CI)NS(=O)(=O)CCC(C)(C)C. The molecule has 0 bridgehead atoms. The highest BCUT2D eigenvalue weighted by Gasteiger charge is 2.22. The van der Waals surface area contributed by atoms with Crippen LogP contribution in [0.3, 0.4) is 0 Å². The van der Waals surface area contributed by atoms with Crippen LogP contribution in [0, 0.1) is 11.3 Å². The molecule has 5 heteroatoms. The maximum atomic E-state index is 11.8. The Balaban J connectivity index is 4.35. The molecule has 0 aromatic heterocycles. The quantitative estimate of drug-likeness (QED) is 0.584. The summed E-state index contributed by atoms with van der Waals surface area (Å²) >= 11 is 2.22. The lowest BCUT2D eigenvalue weighted by Gasteiger charge is -2.22. The van der Waals surface area contributed by atoms with E-state index in [1.165, 1.54) is 0 Å². The third-order valence-corrected chi connectivity index (χ3v) is 4.78. The molecule has 0 saturated carbocycles. The first-order chi connectivity index (χ1) is 7.07. The minimum Gasteiger partial charge on any atom is -0.212 e. The van der Waals surface area contributed by atoms with Crippen LogP contribution in [0.5, 0.6) is 0 Å². The first-order valence-electron chi connectivity index (χ1n) is 5.63. The molecule has 1 unspecified atom stereocenters. The van der Waals surface area contributed by atoms with Crippen LogP contribution < -0.4 is 4.72 Å². The number of halogens is 1. The smallest absolute Gasteiger partial charge is 0.211 e. The van der Waals surface area contributed by atoms with Gasteiger partial charge in [0, 0.05) is 10.5 Å². The number of nitrogens with one attached hydrogen (secondary N) is 1. The molecule has 0 aliphatic heterocycles. The topological polar surface area (TPSA) is 46.2 Å². The van der Waals surface area contributed by atoms with Crippen molar-refractivity contribution in [1.82, 2.24) is 4.72 Å². The van der Waals surface area contributed by atoms with Gasteiger partial charge in [-0.15, -0.1) is 0 Å². The molecular weight excluding hydrogens is 337 g/mol. The molecule has 0 rings (SSSR count). The summed E-state index contributed by atoms with van der Waals surface area (Å²) < 4.78 is 27.3. The van der Waals surface area contributed by atoms with Crippen LogP contribution in [0.25, 0.3) is 0 Å². The number of alkyl halides is 1. The van der Waals surface area contributed by atoms with Crippen LogP contribution >= 0.6 is 22.6 Å². The fraction of sp³-hybridized carbons (Fsp3) is 1.00. The average Bonchev–Trinajstić information content (AvgIpc) is 2.10. The monoisotopic (exact) mass is 361 g/mol. The molecule has 0 aromatic carbocycles. The molecule has 1 N–H and O–H groups in total. The summed E-state index contributed by atoms with van der Waals surface area (Å²) in [6.45, 7) is 10.2. The van der Waals surface area contributed by atoms with Crippen LogP contribution in [0.1, 0.15) is 41.0 Å². The van der Waals surface area contributed by atoms with E-state index in [1.807, 2.05) is 13.8 Å². The minimum absolute atomic E-state index is 0.0468. The molecule has 0 radical (unpaired) electrons. The zero-order valence-corrected chi connectivity index (χ0v) is 13.9. The molecule has 0 fully saturated rings. The van der Waals surface area contributed by atoms with E-state index in [2.05, 4.69) is 48.1 Å². The van der Waals surface area contributed by atoms with E-state index >= 15 is 0 Å². The van der Waals surface area contributed by atoms with Gasteiger partial charge in [0.2, 0.25) is 10.0 Å². The van der Waals surface area contributed by atoms with E-state index in [0.717, 1.165) is 4.43 Å². The van der Waals surface area contributed by atoms with E-state index in [4.69, 9.17) is 0 Å². The third kappa shape index (κ3) is 7.84. The molecule has 0 aromatic rings. The van der Waals surface area contributed by atoms with Gasteiger partial charge < -0.3 is 0 Å². The summed E-state index contributed by atoms with van der Waals surface area (Å²) in [4.78, 5) is 0. The zero-order chi connectivity index (χ0) is 13.0. The molecule has 3 nitrogen and oxygen atoms in total. The first kappa shape index (κ1) is 16.6. The largest absolute Gasteiger partial charge is 0.212 e. The van der Waals surface area contributed by atoms with Crippen molar-refractivity contribution in [2.45, 2.75) is 47.1 Å². The van der Waals surface area contributed by atoms with Gasteiger partial charge in [-0.2, -0.15) is 0 Å². The van der Waals surface area contributed by atoms with Gasteiger partial charge >= 0.3 is 0 Å². The molecular formula is C11H24INO2S. The maximum absolute atomic E-state index is 11.8. The normalized spacial score (nSPS) is 15.4. The summed E-state index contributed by atoms with van der Waals surface area (Å²) in [5.74, 6) is 0.553. The second-order valence-electron chi connectivity index (χ2n) is 5.75. The van der Waals surface area contributed by atoms with Gasteiger partial charge in [-0.3, -0.25) is 0 Å². The summed E-state index contributed by atoms with van der Waals surface area (Å²) in [5, 5.41) is 0. The molecule has 98 valence electrons. The van der Waals surface area contributed by atoms with Gasteiger partial charge in [0.25, 0.3) is 0 Å². The van der Waals surface area contributed by atoms with Gasteiger partial charge in [0.15, 0.2) is 0 Å². The van der Waals surface area contributed by atoms with Crippen molar-refractivity contribution in [3.05, 3.63) is 0 Å². The fourth-order valence-electron chi connectivity index (χ4n) is 1.08. The predicted octanol–water partition coefficient (Wildman–Crippen LogP) is 2.80. The Bertz CT molecular complexity index is 294. The van der Waals surface area contributed by atoms with Crippen molar-refractivity contribution >= 4 is 32.6 Å². The lowest BCUT2D eigenvalue weighted by Crippen LogP contribution is -2.41. The fourth-order valence-corrected chi connectivity index (χ4v) is 4.43. The highest BCUT2D eigenvalue weighted by atomic mass is 127. The lowest BCUT2D eigenvalue weighted by atomic mass is 9.94. The van der Waals surface area contributed by atoms with Gasteiger partial charge in [0.05, 0.1) is 5.75 Å². The van der Waals surface area contributed by atoms with Crippen LogP contribution in [0.4, 0.5) is 0 Å². The Morgan fingerprint density at radius 2 is 1.75 bits per heavy atom. The predicted molar refractivity (Wildman–Crippen MR) is 78.5 cm³/mol. The van der Waals surface area contributed by atoms with Gasteiger partial charge in [-0.25, -0.2) is 13.1 Å². The van der Waals surface area contributed by atoms with Crippen LogP contribution in [0.15, 0.2) is 0 Å². The van der Waals surface area contributed by atoms with Crippen LogP contribution in [-0.4, -0.2) is 24.6 Å². The molecule has 0 aliphatic rings. The van der Waals surface area contributed by atoms with Gasteiger partial charge in [-0.05, 0) is 17.8 Å². The van der Waals surface area contributed by atoms with Crippen molar-refractivity contribution in [3.8, 4) is 0 Å². The molecule has 0 aliphatic carbocycles. The Kier molecular flexibility index (Phi) is 6.80. The molecule has 0 saturated heterocycles. The van der Waals surface area contributed by atoms with Crippen molar-refractivity contribution in [3.63, 3.8) is 0 Å². The number of hydrogen-bond donors (Lipinski definition) is 1. The highest BCUT2D eigenvalue weighted by molar-refractivity contribution is 14.1. The highest BCUT2D eigenvalue weighted by Crippen LogP contribution is 2.19. The number of sulfonamides is 1. The minimum atomic E-state index is -3.13. The third-order valence-electron chi connectivity index (χ3n) is 2.42.